The van der Waals surface area contributed by atoms with Gasteiger partial charge in [-0.2, -0.15) is 5.10 Å². The van der Waals surface area contributed by atoms with Crippen molar-refractivity contribution < 1.29 is 9.53 Å². The number of rotatable bonds is 4. The Kier molecular flexibility index (Phi) is 5.45. The Hall–Kier alpha value is -2.16. The van der Waals surface area contributed by atoms with Crippen LogP contribution in [0.1, 0.15) is 20.9 Å². The Balaban J connectivity index is 1.71. The summed E-state index contributed by atoms with van der Waals surface area (Å²) < 4.78 is 7.46. The number of benzene rings is 1. The number of aryl methyl sites for hydroxylation is 1. The molecule has 0 unspecified atom stereocenters. The number of nitrogens with one attached hydrogen (secondary N) is 2. The molecule has 26 heavy (non-hydrogen) atoms. The topological polar surface area (TPSA) is 68.2 Å². The summed E-state index contributed by atoms with van der Waals surface area (Å²) in [6, 6.07) is 5.63. The van der Waals surface area contributed by atoms with Crippen LogP contribution >= 0.6 is 35.2 Å². The fraction of sp³-hybridized carbons (Fsp3) is 0.235. The van der Waals surface area contributed by atoms with E-state index in [0.29, 0.717) is 21.6 Å². The van der Waals surface area contributed by atoms with Crippen LogP contribution in [0.2, 0.25) is 5.02 Å². The van der Waals surface area contributed by atoms with E-state index in [1.54, 1.807) is 0 Å². The van der Waals surface area contributed by atoms with Crippen molar-refractivity contribution in [1.82, 2.24) is 15.1 Å². The number of hydrogen-bond donors (Lipinski definition) is 2. The molecule has 3 rings (SSSR count). The third kappa shape index (κ3) is 3.67. The average Bonchev–Trinajstić information content (AvgIpc) is 3.12. The van der Waals surface area contributed by atoms with E-state index in [-0.39, 0.29) is 0 Å². The second-order valence-electron chi connectivity index (χ2n) is 5.63. The van der Waals surface area contributed by atoms with Crippen LogP contribution < -0.4 is 10.6 Å². The number of halogens is 1. The van der Waals surface area contributed by atoms with E-state index >= 15 is 0 Å². The van der Waals surface area contributed by atoms with Crippen LogP contribution in [0.15, 0.2) is 24.4 Å². The second kappa shape index (κ2) is 7.61. The minimum absolute atomic E-state index is 0.397. The molecule has 0 atom stereocenters. The first-order valence-corrected chi connectivity index (χ1v) is 9.33. The molecule has 1 aromatic carbocycles. The van der Waals surface area contributed by atoms with Gasteiger partial charge in [-0.1, -0.05) is 11.6 Å². The molecular formula is C17H17ClN4O2S2. The number of thiocarbonyl (C=S) groups is 1. The number of carbonyl (C=O) groups excluding carboxylic acids is 1. The van der Waals surface area contributed by atoms with Gasteiger partial charge in [-0.25, -0.2) is 4.79 Å². The SMILES string of the molecule is COC(=O)c1sc2cc(NC(=S)NCc3cnn(C)c3C)ccc2c1Cl. The van der Waals surface area contributed by atoms with E-state index in [1.807, 2.05) is 43.0 Å². The normalized spacial score (nSPS) is 10.8. The maximum Gasteiger partial charge on any atom is 0.349 e. The van der Waals surface area contributed by atoms with Crippen molar-refractivity contribution in [1.29, 1.82) is 0 Å². The van der Waals surface area contributed by atoms with Gasteiger partial charge in [-0.3, -0.25) is 4.68 Å². The number of anilines is 1. The molecule has 0 saturated heterocycles. The smallest absolute Gasteiger partial charge is 0.349 e. The molecule has 0 spiro atoms. The van der Waals surface area contributed by atoms with Gasteiger partial charge in [0.25, 0.3) is 0 Å². The molecule has 2 heterocycles. The Morgan fingerprint density at radius 1 is 1.46 bits per heavy atom. The highest BCUT2D eigenvalue weighted by molar-refractivity contribution is 7.80. The number of ether oxygens (including phenoxy) is 1. The van der Waals surface area contributed by atoms with Gasteiger partial charge in [0.15, 0.2) is 5.11 Å². The van der Waals surface area contributed by atoms with Crippen LogP contribution in [-0.2, 0) is 18.3 Å². The van der Waals surface area contributed by atoms with Crippen LogP contribution in [0.5, 0.6) is 0 Å². The average molecular weight is 409 g/mol. The monoisotopic (exact) mass is 408 g/mol. The molecule has 136 valence electrons. The van der Waals surface area contributed by atoms with Crippen molar-refractivity contribution in [3.8, 4) is 0 Å². The summed E-state index contributed by atoms with van der Waals surface area (Å²) in [5, 5.41) is 12.2. The largest absolute Gasteiger partial charge is 0.465 e. The first kappa shape index (κ1) is 18.6. The van der Waals surface area contributed by atoms with Crippen molar-refractivity contribution in [3.05, 3.63) is 45.6 Å². The molecule has 0 aliphatic rings. The number of esters is 1. The number of fused-ring (bicyclic) bond motifs is 1. The van der Waals surface area contributed by atoms with Gasteiger partial charge in [0.05, 0.1) is 18.3 Å². The van der Waals surface area contributed by atoms with Crippen LogP contribution in [-0.4, -0.2) is 28.0 Å². The fourth-order valence-electron chi connectivity index (χ4n) is 2.44. The van der Waals surface area contributed by atoms with Gasteiger partial charge in [0.2, 0.25) is 0 Å². The minimum Gasteiger partial charge on any atom is -0.465 e. The van der Waals surface area contributed by atoms with Crippen molar-refractivity contribution in [2.75, 3.05) is 12.4 Å². The summed E-state index contributed by atoms with van der Waals surface area (Å²) in [6.07, 6.45) is 1.82. The molecule has 0 amide bonds. The molecular weight excluding hydrogens is 392 g/mol. The summed E-state index contributed by atoms with van der Waals surface area (Å²) in [5.74, 6) is -0.435. The molecule has 0 aliphatic carbocycles. The lowest BCUT2D eigenvalue weighted by Crippen LogP contribution is -2.28. The number of hydrogen-bond acceptors (Lipinski definition) is 5. The molecule has 0 fully saturated rings. The highest BCUT2D eigenvalue weighted by Crippen LogP contribution is 2.37. The van der Waals surface area contributed by atoms with Gasteiger partial charge < -0.3 is 15.4 Å². The van der Waals surface area contributed by atoms with Gasteiger partial charge in [-0.15, -0.1) is 11.3 Å². The number of thiophene rings is 1. The first-order valence-electron chi connectivity index (χ1n) is 7.73. The molecule has 9 heteroatoms. The molecule has 0 saturated carbocycles. The predicted molar refractivity (Wildman–Crippen MR) is 109 cm³/mol. The van der Waals surface area contributed by atoms with Crippen molar-refractivity contribution >= 4 is 62.0 Å². The first-order chi connectivity index (χ1) is 12.4. The van der Waals surface area contributed by atoms with Gasteiger partial charge in [0.1, 0.15) is 4.88 Å². The van der Waals surface area contributed by atoms with Crippen LogP contribution in [0.4, 0.5) is 5.69 Å². The van der Waals surface area contributed by atoms with E-state index < -0.39 is 5.97 Å². The third-order valence-corrected chi connectivity index (χ3v) is 5.92. The predicted octanol–water partition coefficient (Wildman–Crippen LogP) is 3.87. The minimum atomic E-state index is -0.435. The van der Waals surface area contributed by atoms with Crippen LogP contribution in [0, 0.1) is 6.92 Å². The van der Waals surface area contributed by atoms with Crippen molar-refractivity contribution in [3.63, 3.8) is 0 Å². The Morgan fingerprint density at radius 3 is 2.88 bits per heavy atom. The summed E-state index contributed by atoms with van der Waals surface area (Å²) in [5.41, 5.74) is 2.98. The third-order valence-electron chi connectivity index (χ3n) is 4.03. The lowest BCUT2D eigenvalue weighted by Gasteiger charge is -2.10. The standard InChI is InChI=1S/C17H17ClN4O2S2/c1-9-10(8-20-22(9)2)7-19-17(25)21-11-4-5-12-13(6-11)26-15(14(12)18)16(23)24-3/h4-6,8H,7H2,1-3H3,(H2,19,21,25). The molecule has 0 bridgehead atoms. The van der Waals surface area contributed by atoms with E-state index in [9.17, 15) is 4.79 Å². The molecule has 2 aromatic heterocycles. The van der Waals surface area contributed by atoms with Gasteiger partial charge >= 0.3 is 5.97 Å². The number of methoxy groups -OCH3 is 1. The molecule has 2 N–H and O–H groups in total. The zero-order chi connectivity index (χ0) is 18.8. The Bertz CT molecular complexity index is 996. The van der Waals surface area contributed by atoms with E-state index in [0.717, 1.165) is 27.0 Å². The summed E-state index contributed by atoms with van der Waals surface area (Å²) in [6.45, 7) is 2.60. The maximum absolute atomic E-state index is 11.8. The number of nitrogens with zero attached hydrogens (tertiary/aromatic N) is 2. The quantitative estimate of drug-likeness (QED) is 0.504. The lowest BCUT2D eigenvalue weighted by molar-refractivity contribution is 0.0606. The summed E-state index contributed by atoms with van der Waals surface area (Å²) >= 11 is 12.9. The lowest BCUT2D eigenvalue weighted by atomic mass is 10.2. The second-order valence-corrected chi connectivity index (χ2v) is 7.47. The van der Waals surface area contributed by atoms with E-state index in [2.05, 4.69) is 15.7 Å². The Morgan fingerprint density at radius 2 is 2.23 bits per heavy atom. The highest BCUT2D eigenvalue weighted by Gasteiger charge is 2.17. The molecule has 0 radical (unpaired) electrons. The van der Waals surface area contributed by atoms with Gasteiger partial charge in [-0.05, 0) is 37.3 Å². The number of carbonyl (C=O) groups is 1. The van der Waals surface area contributed by atoms with E-state index in [4.69, 9.17) is 28.6 Å². The highest BCUT2D eigenvalue weighted by atomic mass is 35.5. The zero-order valence-corrected chi connectivity index (χ0v) is 16.8. The van der Waals surface area contributed by atoms with E-state index in [1.165, 1.54) is 18.4 Å². The van der Waals surface area contributed by atoms with Crippen LogP contribution in [0.3, 0.4) is 0 Å². The zero-order valence-electron chi connectivity index (χ0n) is 14.4. The molecule has 3 aromatic rings. The maximum atomic E-state index is 11.8. The summed E-state index contributed by atoms with van der Waals surface area (Å²) in [4.78, 5) is 12.2. The molecule has 0 aliphatic heterocycles. The summed E-state index contributed by atoms with van der Waals surface area (Å²) in [7, 11) is 3.24. The van der Waals surface area contributed by atoms with Crippen molar-refractivity contribution in [2.45, 2.75) is 13.5 Å². The molecule has 6 nitrogen and oxygen atoms in total. The van der Waals surface area contributed by atoms with Crippen LogP contribution in [0.25, 0.3) is 10.1 Å². The number of aromatic nitrogens is 2. The van der Waals surface area contributed by atoms with Crippen molar-refractivity contribution in [2.24, 2.45) is 7.05 Å². The fourth-order valence-corrected chi connectivity index (χ4v) is 4.09. The Labute approximate surface area is 165 Å². The van der Waals surface area contributed by atoms with Gasteiger partial charge in [0, 0.05) is 40.6 Å².